The molecule has 208 valence electrons. The molecule has 0 saturated carbocycles. The molecule has 9 heteroatoms. The molecule has 4 aromatic rings. The largest absolute Gasteiger partial charge is 0.369 e. The number of piperazine rings is 1. The van der Waals surface area contributed by atoms with Crippen molar-refractivity contribution in [2.24, 2.45) is 0 Å². The van der Waals surface area contributed by atoms with Crippen LogP contribution in [-0.4, -0.2) is 48.7 Å². The van der Waals surface area contributed by atoms with Crippen LogP contribution in [-0.2, 0) is 13.0 Å². The highest BCUT2D eigenvalue weighted by Crippen LogP contribution is 2.42. The maximum absolute atomic E-state index is 14.1. The predicted molar refractivity (Wildman–Crippen MR) is 160 cm³/mol. The molecule has 1 fully saturated rings. The molecule has 6 nitrogen and oxygen atoms in total. The van der Waals surface area contributed by atoms with Crippen LogP contribution in [0.1, 0.15) is 54.0 Å². The van der Waals surface area contributed by atoms with Gasteiger partial charge in [0.1, 0.15) is 10.8 Å². The first-order valence-corrected chi connectivity index (χ1v) is 14.7. The molecule has 3 aromatic carbocycles. The summed E-state index contributed by atoms with van der Waals surface area (Å²) in [6.07, 6.45) is 0.652. The quantitative estimate of drug-likeness (QED) is 0.184. The van der Waals surface area contributed by atoms with Crippen LogP contribution >= 0.6 is 22.9 Å². The first-order chi connectivity index (χ1) is 19.9. The highest BCUT2D eigenvalue weighted by Gasteiger charge is 2.41. The molecule has 1 saturated heterocycles. The first kappa shape index (κ1) is 27.3. The number of nitrogens with zero attached hydrogens (tertiary/aromatic N) is 3. The number of hydrogen-bond donors (Lipinski definition) is 0. The molecule has 0 N–H and O–H groups in total. The summed E-state index contributed by atoms with van der Waals surface area (Å²) in [5.41, 5.74) is 3.33. The van der Waals surface area contributed by atoms with Crippen molar-refractivity contribution < 1.29 is 18.8 Å². The Morgan fingerprint density at radius 3 is 2.07 bits per heavy atom. The zero-order valence-corrected chi connectivity index (χ0v) is 24.0. The van der Waals surface area contributed by atoms with E-state index < -0.39 is 11.8 Å². The molecule has 0 bridgehead atoms. The number of thiophene rings is 1. The summed E-state index contributed by atoms with van der Waals surface area (Å²) < 4.78 is 13.4. The van der Waals surface area contributed by atoms with E-state index in [2.05, 4.69) is 9.80 Å². The van der Waals surface area contributed by atoms with Crippen LogP contribution in [0.2, 0.25) is 5.02 Å². The number of ketones is 1. The maximum atomic E-state index is 14.1. The summed E-state index contributed by atoms with van der Waals surface area (Å²) in [7, 11) is 0. The van der Waals surface area contributed by atoms with Crippen molar-refractivity contribution in [2.45, 2.75) is 19.9 Å². The Morgan fingerprint density at radius 1 is 0.878 bits per heavy atom. The van der Waals surface area contributed by atoms with Gasteiger partial charge in [0, 0.05) is 53.9 Å². The van der Waals surface area contributed by atoms with Gasteiger partial charge in [0.2, 0.25) is 0 Å². The van der Waals surface area contributed by atoms with Crippen LogP contribution in [0, 0.1) is 5.82 Å². The third kappa shape index (κ3) is 5.07. The van der Waals surface area contributed by atoms with E-state index in [9.17, 15) is 18.8 Å². The minimum Gasteiger partial charge on any atom is -0.369 e. The summed E-state index contributed by atoms with van der Waals surface area (Å²) >= 11 is 7.44. The Labute approximate surface area is 246 Å². The van der Waals surface area contributed by atoms with Crippen LogP contribution in [0.25, 0.3) is 0 Å². The average Bonchev–Trinajstić information content (AvgIpc) is 3.47. The lowest BCUT2D eigenvalue weighted by Gasteiger charge is -2.36. The van der Waals surface area contributed by atoms with E-state index in [1.165, 1.54) is 28.4 Å². The van der Waals surface area contributed by atoms with Crippen LogP contribution in [0.4, 0.5) is 15.1 Å². The lowest BCUT2D eigenvalue weighted by Crippen LogP contribution is -2.46. The predicted octanol–water partition coefficient (Wildman–Crippen LogP) is 6.46. The van der Waals surface area contributed by atoms with Gasteiger partial charge in [-0.05, 0) is 72.6 Å². The zero-order chi connectivity index (χ0) is 28.7. The summed E-state index contributed by atoms with van der Waals surface area (Å²) in [4.78, 5) is 47.8. The van der Waals surface area contributed by atoms with E-state index in [4.69, 9.17) is 11.6 Å². The summed E-state index contributed by atoms with van der Waals surface area (Å²) in [5.74, 6) is -1.34. The number of rotatable bonds is 7. The SMILES string of the molecule is CCc1sc(N2C(=O)c3ccccc3C2=O)c(C(=O)c2ccc(Cl)cc2)c1CN1CCN(c2ccc(F)cc2)CC1. The topological polar surface area (TPSA) is 60.9 Å². The van der Waals surface area contributed by atoms with Crippen molar-refractivity contribution in [1.82, 2.24) is 4.90 Å². The van der Waals surface area contributed by atoms with Crippen molar-refractivity contribution in [3.63, 3.8) is 0 Å². The second-order valence-corrected chi connectivity index (χ2v) is 11.6. The molecule has 1 aromatic heterocycles. The molecular formula is C32H27ClFN3O3S. The average molecular weight is 588 g/mol. The summed E-state index contributed by atoms with van der Waals surface area (Å²) in [6, 6.07) is 19.9. The molecule has 2 aliphatic heterocycles. The van der Waals surface area contributed by atoms with Gasteiger partial charge in [-0.3, -0.25) is 19.3 Å². The molecule has 0 spiro atoms. The number of hydrogen-bond acceptors (Lipinski definition) is 6. The van der Waals surface area contributed by atoms with E-state index in [-0.39, 0.29) is 11.6 Å². The van der Waals surface area contributed by atoms with E-state index in [0.717, 1.165) is 42.3 Å². The van der Waals surface area contributed by atoms with E-state index >= 15 is 0 Å². The van der Waals surface area contributed by atoms with Crippen LogP contribution in [0.15, 0.2) is 72.8 Å². The van der Waals surface area contributed by atoms with Crippen molar-refractivity contribution in [1.29, 1.82) is 0 Å². The van der Waals surface area contributed by atoms with Crippen molar-refractivity contribution >= 4 is 51.2 Å². The molecular weight excluding hydrogens is 561 g/mol. The Hall–Kier alpha value is -3.85. The van der Waals surface area contributed by atoms with E-state index in [1.807, 2.05) is 6.92 Å². The Balaban J connectivity index is 1.36. The summed E-state index contributed by atoms with van der Waals surface area (Å²) in [6.45, 7) is 5.52. The van der Waals surface area contributed by atoms with Crippen LogP contribution < -0.4 is 9.80 Å². The van der Waals surface area contributed by atoms with Crippen molar-refractivity contribution in [3.8, 4) is 0 Å². The number of aryl methyl sites for hydroxylation is 1. The molecule has 0 unspecified atom stereocenters. The van der Waals surface area contributed by atoms with Gasteiger partial charge in [0.15, 0.2) is 5.78 Å². The molecule has 2 aliphatic rings. The van der Waals surface area contributed by atoms with Crippen molar-refractivity contribution in [3.05, 3.63) is 116 Å². The fourth-order valence-corrected chi connectivity index (χ4v) is 6.87. The van der Waals surface area contributed by atoms with Gasteiger partial charge in [-0.15, -0.1) is 11.3 Å². The second kappa shape index (κ2) is 11.2. The molecule has 3 heterocycles. The van der Waals surface area contributed by atoms with Gasteiger partial charge >= 0.3 is 0 Å². The van der Waals surface area contributed by atoms with Gasteiger partial charge in [-0.1, -0.05) is 30.7 Å². The van der Waals surface area contributed by atoms with E-state index in [0.29, 0.717) is 45.2 Å². The molecule has 6 rings (SSSR count). The summed E-state index contributed by atoms with van der Waals surface area (Å²) in [5, 5.41) is 0.883. The third-order valence-corrected chi connectivity index (χ3v) is 9.28. The second-order valence-electron chi connectivity index (χ2n) is 10.1. The number of fused-ring (bicyclic) bond motifs is 1. The fourth-order valence-electron chi connectivity index (χ4n) is 5.50. The number of halogens is 2. The Bertz CT molecular complexity index is 1610. The number of amides is 2. The minimum atomic E-state index is -0.417. The number of imide groups is 1. The van der Waals surface area contributed by atoms with Gasteiger partial charge in [-0.25, -0.2) is 9.29 Å². The number of carbonyl (C=O) groups is 3. The lowest BCUT2D eigenvalue weighted by molar-refractivity contribution is 0.0927. The maximum Gasteiger partial charge on any atom is 0.266 e. The van der Waals surface area contributed by atoms with Crippen LogP contribution in [0.3, 0.4) is 0 Å². The number of carbonyl (C=O) groups excluding carboxylic acids is 3. The lowest BCUT2D eigenvalue weighted by atomic mass is 9.98. The van der Waals surface area contributed by atoms with E-state index in [1.54, 1.807) is 60.7 Å². The highest BCUT2D eigenvalue weighted by atomic mass is 35.5. The molecule has 2 amide bonds. The molecule has 0 atom stereocenters. The van der Waals surface area contributed by atoms with Crippen molar-refractivity contribution in [2.75, 3.05) is 36.0 Å². The Morgan fingerprint density at radius 2 is 1.49 bits per heavy atom. The van der Waals surface area contributed by atoms with Gasteiger partial charge in [0.05, 0.1) is 16.7 Å². The number of anilines is 2. The minimum absolute atomic E-state index is 0.246. The van der Waals surface area contributed by atoms with Gasteiger partial charge in [0.25, 0.3) is 11.8 Å². The standard InChI is InChI=1S/C32H27ClFN3O3S/c1-2-27-26(19-35-15-17-36(18-16-35)23-13-11-22(34)12-14-23)28(29(38)20-7-9-21(33)10-8-20)32(41-27)37-30(39)24-5-3-4-6-25(24)31(37)40/h3-14H,2,15-19H2,1H3. The molecule has 41 heavy (non-hydrogen) atoms. The van der Waals surface area contributed by atoms with Gasteiger partial charge < -0.3 is 4.90 Å². The highest BCUT2D eigenvalue weighted by molar-refractivity contribution is 7.17. The molecule has 0 radical (unpaired) electrons. The van der Waals surface area contributed by atoms with Crippen LogP contribution in [0.5, 0.6) is 0 Å². The third-order valence-electron chi connectivity index (χ3n) is 7.67. The van der Waals surface area contributed by atoms with Gasteiger partial charge in [-0.2, -0.15) is 0 Å². The Kier molecular flexibility index (Phi) is 7.46. The molecule has 0 aliphatic carbocycles. The normalized spacial score (nSPS) is 15.5. The zero-order valence-electron chi connectivity index (χ0n) is 22.4. The number of benzene rings is 3. The smallest absolute Gasteiger partial charge is 0.266 e. The monoisotopic (exact) mass is 587 g/mol. The fraction of sp³-hybridized carbons (Fsp3) is 0.219. The first-order valence-electron chi connectivity index (χ1n) is 13.5.